The van der Waals surface area contributed by atoms with E-state index in [0.717, 1.165) is 6.54 Å². The number of nitrogens with one attached hydrogen (secondary N) is 1. The number of carbonyl (C=O) groups is 1. The first-order chi connectivity index (χ1) is 5.74. The summed E-state index contributed by atoms with van der Waals surface area (Å²) in [6.45, 7) is 1.55. The lowest BCUT2D eigenvalue weighted by Crippen LogP contribution is -2.49. The van der Waals surface area contributed by atoms with Crippen LogP contribution < -0.4 is 5.32 Å². The Hall–Kier alpha value is -0.680. The second-order valence-corrected chi connectivity index (χ2v) is 3.05. The summed E-state index contributed by atoms with van der Waals surface area (Å²) in [6.07, 6.45) is 1.18. The van der Waals surface area contributed by atoms with E-state index in [4.69, 9.17) is 17.3 Å². The molecule has 1 heterocycles. The van der Waals surface area contributed by atoms with Gasteiger partial charge in [0.25, 0.3) is 0 Å². The molecule has 68 valence electrons. The lowest BCUT2D eigenvalue weighted by molar-refractivity contribution is -0.120. The molecule has 1 rings (SSSR count). The lowest BCUT2D eigenvalue weighted by atomic mass is 10.3. The Bertz CT molecular complexity index is 196. The van der Waals surface area contributed by atoms with Crippen LogP contribution in [0.15, 0.2) is 0 Å². The van der Waals surface area contributed by atoms with Gasteiger partial charge in [-0.15, -0.1) is 0 Å². The summed E-state index contributed by atoms with van der Waals surface area (Å²) in [5, 5.41) is 11.6. The summed E-state index contributed by atoms with van der Waals surface area (Å²) in [5.74, 6) is -0.0137. The molecule has 0 bridgehead atoms. The highest BCUT2D eigenvalue weighted by atomic mass is 32.1. The molecule has 12 heavy (non-hydrogen) atoms. The summed E-state index contributed by atoms with van der Waals surface area (Å²) in [7, 11) is 0. The third kappa shape index (κ3) is 2.42. The van der Waals surface area contributed by atoms with E-state index in [1.54, 1.807) is 0 Å². The van der Waals surface area contributed by atoms with Crippen LogP contribution in [0.25, 0.3) is 0 Å². The highest BCUT2D eigenvalue weighted by molar-refractivity contribution is 7.80. The van der Waals surface area contributed by atoms with Crippen molar-refractivity contribution in [1.29, 1.82) is 0 Å². The smallest absolute Gasteiger partial charge is 0.227 e. The number of aliphatic hydroxyl groups is 1. The monoisotopic (exact) mass is 188 g/mol. The zero-order valence-corrected chi connectivity index (χ0v) is 7.56. The molecule has 0 aromatic rings. The topological polar surface area (TPSA) is 52.6 Å². The molecule has 0 aromatic heterocycles. The maximum absolute atomic E-state index is 10.8. The number of hydrogen-bond acceptors (Lipinski definition) is 3. The number of nitrogens with zero attached hydrogens (tertiary/aromatic N) is 1. The fraction of sp³-hybridized carbons (Fsp3) is 0.714. The Labute approximate surface area is 76.5 Å². The molecule has 0 saturated carbocycles. The highest BCUT2D eigenvalue weighted by Gasteiger charge is 2.18. The molecule has 1 aliphatic heterocycles. The molecule has 0 radical (unpaired) electrons. The molecule has 5 heteroatoms. The minimum atomic E-state index is -0.0137. The van der Waals surface area contributed by atoms with Crippen molar-refractivity contribution in [1.82, 2.24) is 10.2 Å². The molecule has 1 amide bonds. The normalized spacial score (nSPS) is 17.9. The Morgan fingerprint density at radius 2 is 2.42 bits per heavy atom. The van der Waals surface area contributed by atoms with E-state index in [0.29, 0.717) is 24.5 Å². The van der Waals surface area contributed by atoms with Gasteiger partial charge in [0, 0.05) is 26.1 Å². The quantitative estimate of drug-likeness (QED) is 0.585. The summed E-state index contributed by atoms with van der Waals surface area (Å²) < 4.78 is 0. The van der Waals surface area contributed by atoms with Crippen molar-refractivity contribution in [2.75, 3.05) is 19.7 Å². The number of carbonyl (C=O) groups excluding carboxylic acids is 1. The second-order valence-electron chi connectivity index (χ2n) is 2.67. The average Bonchev–Trinajstić information content (AvgIpc) is 2.03. The van der Waals surface area contributed by atoms with Crippen LogP contribution in [0.4, 0.5) is 0 Å². The van der Waals surface area contributed by atoms with Crippen molar-refractivity contribution >= 4 is 23.2 Å². The molecular weight excluding hydrogens is 176 g/mol. The zero-order valence-electron chi connectivity index (χ0n) is 6.75. The first-order valence-corrected chi connectivity index (χ1v) is 4.34. The van der Waals surface area contributed by atoms with Gasteiger partial charge in [0.15, 0.2) is 5.11 Å². The second kappa shape index (κ2) is 4.37. The number of thiocarbonyl (C=S) groups is 1. The van der Waals surface area contributed by atoms with E-state index in [9.17, 15) is 4.79 Å². The third-order valence-corrected chi connectivity index (χ3v) is 2.09. The molecule has 0 unspecified atom stereocenters. The van der Waals surface area contributed by atoms with Gasteiger partial charge in [-0.25, -0.2) is 0 Å². The van der Waals surface area contributed by atoms with E-state index >= 15 is 0 Å². The highest BCUT2D eigenvalue weighted by Crippen LogP contribution is 2.01. The Kier molecular flexibility index (Phi) is 3.43. The van der Waals surface area contributed by atoms with Gasteiger partial charge in [0.2, 0.25) is 5.91 Å². The van der Waals surface area contributed by atoms with Crippen molar-refractivity contribution in [2.24, 2.45) is 0 Å². The Balaban J connectivity index is 2.35. The standard InChI is InChI=1S/C7H12N2O2S/c10-5-1-3-9-4-2-6(11)8-7(9)12/h10H,1-5H2,(H,8,11,12). The molecule has 1 fully saturated rings. The van der Waals surface area contributed by atoms with E-state index in [1.807, 2.05) is 4.90 Å². The van der Waals surface area contributed by atoms with Gasteiger partial charge in [-0.1, -0.05) is 0 Å². The number of amides is 1. The van der Waals surface area contributed by atoms with Crippen LogP contribution in [0.5, 0.6) is 0 Å². The molecule has 0 atom stereocenters. The van der Waals surface area contributed by atoms with E-state index < -0.39 is 0 Å². The van der Waals surface area contributed by atoms with Crippen LogP contribution in [0.1, 0.15) is 12.8 Å². The maximum atomic E-state index is 10.8. The van der Waals surface area contributed by atoms with Crippen LogP contribution in [-0.4, -0.2) is 40.7 Å². The number of hydrogen-bond donors (Lipinski definition) is 2. The van der Waals surface area contributed by atoms with Gasteiger partial charge in [-0.2, -0.15) is 0 Å². The molecule has 1 saturated heterocycles. The largest absolute Gasteiger partial charge is 0.396 e. The molecular formula is C7H12N2O2S. The van der Waals surface area contributed by atoms with E-state index in [1.165, 1.54) is 0 Å². The summed E-state index contributed by atoms with van der Waals surface area (Å²) in [4.78, 5) is 12.7. The van der Waals surface area contributed by atoms with Crippen LogP contribution in [0, 0.1) is 0 Å². The molecule has 0 aliphatic carbocycles. The van der Waals surface area contributed by atoms with Gasteiger partial charge < -0.3 is 15.3 Å². The average molecular weight is 188 g/mol. The van der Waals surface area contributed by atoms with Crippen LogP contribution in [0.2, 0.25) is 0 Å². The Morgan fingerprint density at radius 1 is 1.67 bits per heavy atom. The first-order valence-electron chi connectivity index (χ1n) is 3.93. The SMILES string of the molecule is O=C1CCN(CCCO)C(=S)N1. The minimum Gasteiger partial charge on any atom is -0.396 e. The van der Waals surface area contributed by atoms with E-state index in [2.05, 4.69) is 5.32 Å². The van der Waals surface area contributed by atoms with Crippen molar-refractivity contribution < 1.29 is 9.90 Å². The van der Waals surface area contributed by atoms with Gasteiger partial charge in [-0.05, 0) is 18.6 Å². The van der Waals surface area contributed by atoms with Gasteiger partial charge >= 0.3 is 0 Å². The number of aliphatic hydroxyl groups excluding tert-OH is 1. The van der Waals surface area contributed by atoms with Crippen molar-refractivity contribution in [3.05, 3.63) is 0 Å². The molecule has 0 spiro atoms. The predicted octanol–water partition coefficient (Wildman–Crippen LogP) is -0.524. The zero-order chi connectivity index (χ0) is 8.97. The fourth-order valence-electron chi connectivity index (χ4n) is 1.07. The lowest BCUT2D eigenvalue weighted by Gasteiger charge is -2.28. The minimum absolute atomic E-state index is 0.0137. The fourth-order valence-corrected chi connectivity index (χ4v) is 1.37. The molecule has 0 aromatic carbocycles. The maximum Gasteiger partial charge on any atom is 0.227 e. The van der Waals surface area contributed by atoms with Crippen LogP contribution >= 0.6 is 12.2 Å². The molecule has 2 N–H and O–H groups in total. The van der Waals surface area contributed by atoms with Crippen LogP contribution in [-0.2, 0) is 4.79 Å². The van der Waals surface area contributed by atoms with Gasteiger partial charge in [0.1, 0.15) is 0 Å². The van der Waals surface area contributed by atoms with Crippen molar-refractivity contribution in [3.63, 3.8) is 0 Å². The van der Waals surface area contributed by atoms with Gasteiger partial charge in [0.05, 0.1) is 0 Å². The molecule has 1 aliphatic rings. The molecule has 4 nitrogen and oxygen atoms in total. The first kappa shape index (κ1) is 9.41. The summed E-state index contributed by atoms with van der Waals surface area (Å²) >= 11 is 4.93. The summed E-state index contributed by atoms with van der Waals surface area (Å²) in [5.41, 5.74) is 0. The van der Waals surface area contributed by atoms with Crippen molar-refractivity contribution in [3.8, 4) is 0 Å². The van der Waals surface area contributed by atoms with E-state index in [-0.39, 0.29) is 12.5 Å². The Morgan fingerprint density at radius 3 is 3.00 bits per heavy atom. The summed E-state index contributed by atoms with van der Waals surface area (Å²) in [6, 6.07) is 0. The van der Waals surface area contributed by atoms with Gasteiger partial charge in [-0.3, -0.25) is 4.79 Å². The number of rotatable bonds is 3. The predicted molar refractivity (Wildman–Crippen MR) is 48.6 cm³/mol. The third-order valence-electron chi connectivity index (χ3n) is 1.73. The van der Waals surface area contributed by atoms with Crippen LogP contribution in [0.3, 0.4) is 0 Å². The van der Waals surface area contributed by atoms with Crippen molar-refractivity contribution in [2.45, 2.75) is 12.8 Å².